The lowest BCUT2D eigenvalue weighted by molar-refractivity contribution is -0.152. The van der Waals surface area contributed by atoms with Crippen LogP contribution in [-0.4, -0.2) is 16.7 Å². The molecule has 0 aromatic carbocycles. The van der Waals surface area contributed by atoms with Crippen molar-refractivity contribution in [2.24, 2.45) is 33.5 Å². The Bertz CT molecular complexity index is 685. The maximum atomic E-state index is 12.7. The van der Waals surface area contributed by atoms with Crippen LogP contribution in [-0.2, 0) is 9.59 Å². The van der Waals surface area contributed by atoms with E-state index < -0.39 is 5.41 Å². The molecule has 0 unspecified atom stereocenters. The Morgan fingerprint density at radius 1 is 1.09 bits per heavy atom. The van der Waals surface area contributed by atoms with Crippen molar-refractivity contribution < 1.29 is 14.7 Å². The Morgan fingerprint density at radius 3 is 2.48 bits per heavy atom. The first-order valence-corrected chi connectivity index (χ1v) is 8.76. The zero-order valence-electron chi connectivity index (χ0n) is 14.5. The van der Waals surface area contributed by atoms with Gasteiger partial charge in [0.05, 0.1) is 0 Å². The van der Waals surface area contributed by atoms with Crippen molar-refractivity contribution in [3.05, 3.63) is 24.0 Å². The van der Waals surface area contributed by atoms with Gasteiger partial charge in [0.25, 0.3) is 0 Å². The van der Waals surface area contributed by atoms with Crippen LogP contribution in [0.5, 0.6) is 0 Å². The van der Waals surface area contributed by atoms with E-state index in [1.807, 2.05) is 13.8 Å². The maximum absolute atomic E-state index is 12.7. The van der Waals surface area contributed by atoms with Crippen LogP contribution in [0.1, 0.15) is 53.4 Å². The highest BCUT2D eigenvalue weighted by Crippen LogP contribution is 2.69. The Balaban J connectivity index is 1.88. The van der Waals surface area contributed by atoms with Gasteiger partial charge < -0.3 is 5.11 Å². The summed E-state index contributed by atoms with van der Waals surface area (Å²) in [6.07, 6.45) is 9.69. The number of carbonyl (C=O) groups excluding carboxylic acids is 2. The molecule has 2 saturated carbocycles. The molecule has 0 saturated heterocycles. The van der Waals surface area contributed by atoms with Crippen LogP contribution in [0.3, 0.4) is 0 Å². The van der Waals surface area contributed by atoms with E-state index in [9.17, 15) is 14.7 Å². The maximum Gasteiger partial charge on any atom is 0.202 e. The molecule has 4 aliphatic rings. The highest BCUT2D eigenvalue weighted by atomic mass is 16.3. The minimum Gasteiger partial charge on any atom is -0.505 e. The molecule has 124 valence electrons. The van der Waals surface area contributed by atoms with Crippen LogP contribution in [0.2, 0.25) is 0 Å². The molecule has 4 rings (SSSR count). The Hall–Kier alpha value is -1.38. The molecule has 3 heteroatoms. The van der Waals surface area contributed by atoms with Crippen LogP contribution in [0, 0.1) is 33.5 Å². The minimum absolute atomic E-state index is 0.0567. The number of rotatable bonds is 0. The van der Waals surface area contributed by atoms with E-state index in [4.69, 9.17) is 0 Å². The minimum atomic E-state index is -0.568. The number of aliphatic hydroxyl groups is 1. The number of ketones is 2. The summed E-state index contributed by atoms with van der Waals surface area (Å²) in [6.45, 7) is 8.14. The SMILES string of the molecule is CC1(C)C(=O)C(O)=C[C@]2(C)[C@@H]1CC[C@]13C=C[C@](C)(C1)C(=O)C[C@H]32. The molecule has 5 atom stereocenters. The van der Waals surface area contributed by atoms with Crippen LogP contribution >= 0.6 is 0 Å². The molecule has 23 heavy (non-hydrogen) atoms. The lowest BCUT2D eigenvalue weighted by Crippen LogP contribution is -2.59. The molecule has 0 aromatic heterocycles. The topological polar surface area (TPSA) is 54.4 Å². The van der Waals surface area contributed by atoms with E-state index in [0.717, 1.165) is 19.3 Å². The van der Waals surface area contributed by atoms with Crippen molar-refractivity contribution in [1.29, 1.82) is 0 Å². The lowest BCUT2D eigenvalue weighted by atomic mass is 9.41. The summed E-state index contributed by atoms with van der Waals surface area (Å²) in [7, 11) is 0. The molecule has 2 fully saturated rings. The van der Waals surface area contributed by atoms with Gasteiger partial charge in [-0.15, -0.1) is 0 Å². The summed E-state index contributed by atoms with van der Waals surface area (Å²) in [6, 6.07) is 0. The van der Waals surface area contributed by atoms with Gasteiger partial charge in [-0.2, -0.15) is 0 Å². The number of aliphatic hydroxyl groups excluding tert-OH is 1. The number of Topliss-reactive ketones (excluding diaryl/α,β-unsaturated/α-hetero) is 2. The normalized spacial score (nSPS) is 50.3. The molecule has 0 amide bonds. The fourth-order valence-corrected chi connectivity index (χ4v) is 6.54. The average Bonchev–Trinajstić information content (AvgIpc) is 2.75. The van der Waals surface area contributed by atoms with Gasteiger partial charge in [0.1, 0.15) is 5.78 Å². The number of hydrogen-bond donors (Lipinski definition) is 1. The number of fused-ring (bicyclic) bond motifs is 3. The van der Waals surface area contributed by atoms with Crippen molar-refractivity contribution >= 4 is 11.6 Å². The molecule has 1 spiro atoms. The monoisotopic (exact) mass is 314 g/mol. The van der Waals surface area contributed by atoms with Gasteiger partial charge in [-0.1, -0.05) is 32.9 Å². The van der Waals surface area contributed by atoms with Crippen molar-refractivity contribution in [3.8, 4) is 0 Å². The summed E-state index contributed by atoms with van der Waals surface area (Å²) in [5.41, 5.74) is -1.11. The van der Waals surface area contributed by atoms with E-state index in [-0.39, 0.29) is 39.6 Å². The third-order valence-electron chi connectivity index (χ3n) is 7.74. The van der Waals surface area contributed by atoms with E-state index in [1.165, 1.54) is 0 Å². The van der Waals surface area contributed by atoms with Crippen molar-refractivity contribution in [1.82, 2.24) is 0 Å². The zero-order chi connectivity index (χ0) is 16.8. The molecule has 4 aliphatic carbocycles. The summed E-state index contributed by atoms with van der Waals surface area (Å²) >= 11 is 0. The molecular weight excluding hydrogens is 288 g/mol. The van der Waals surface area contributed by atoms with Gasteiger partial charge in [-0.05, 0) is 54.9 Å². The predicted molar refractivity (Wildman–Crippen MR) is 87.7 cm³/mol. The average molecular weight is 314 g/mol. The number of carbonyl (C=O) groups is 2. The first-order valence-electron chi connectivity index (χ1n) is 8.76. The van der Waals surface area contributed by atoms with Gasteiger partial charge in [0, 0.05) is 17.3 Å². The number of allylic oxidation sites excluding steroid dienone is 4. The second-order valence-corrected chi connectivity index (χ2v) is 9.38. The summed E-state index contributed by atoms with van der Waals surface area (Å²) in [5, 5.41) is 10.3. The lowest BCUT2D eigenvalue weighted by Gasteiger charge is -2.61. The van der Waals surface area contributed by atoms with Gasteiger partial charge in [-0.3, -0.25) is 9.59 Å². The largest absolute Gasteiger partial charge is 0.505 e. The second-order valence-electron chi connectivity index (χ2n) is 9.38. The van der Waals surface area contributed by atoms with Gasteiger partial charge >= 0.3 is 0 Å². The summed E-state index contributed by atoms with van der Waals surface area (Å²) in [4.78, 5) is 25.2. The number of hydrogen-bond acceptors (Lipinski definition) is 3. The summed E-state index contributed by atoms with van der Waals surface area (Å²) in [5.74, 6) is 0.428. The molecule has 0 radical (unpaired) electrons. The van der Waals surface area contributed by atoms with E-state index >= 15 is 0 Å². The van der Waals surface area contributed by atoms with Crippen LogP contribution in [0.4, 0.5) is 0 Å². The molecule has 3 nitrogen and oxygen atoms in total. The zero-order valence-corrected chi connectivity index (χ0v) is 14.5. The molecule has 0 aliphatic heterocycles. The molecule has 0 heterocycles. The molecule has 2 bridgehead atoms. The predicted octanol–water partition coefficient (Wildman–Crippen LogP) is 4.00. The van der Waals surface area contributed by atoms with Gasteiger partial charge in [0.15, 0.2) is 5.76 Å². The highest BCUT2D eigenvalue weighted by molar-refractivity contribution is 5.99. The van der Waals surface area contributed by atoms with Crippen molar-refractivity contribution in [2.45, 2.75) is 53.4 Å². The Kier molecular flexibility index (Phi) is 2.63. The van der Waals surface area contributed by atoms with Crippen LogP contribution < -0.4 is 0 Å². The smallest absolute Gasteiger partial charge is 0.202 e. The quantitative estimate of drug-likeness (QED) is 0.688. The second kappa shape index (κ2) is 3.99. The Labute approximate surface area is 137 Å². The van der Waals surface area contributed by atoms with E-state index in [0.29, 0.717) is 12.2 Å². The first kappa shape index (κ1) is 15.2. The Morgan fingerprint density at radius 2 is 1.78 bits per heavy atom. The van der Waals surface area contributed by atoms with Crippen molar-refractivity contribution in [2.75, 3.05) is 0 Å². The van der Waals surface area contributed by atoms with E-state index in [1.54, 1.807) is 6.08 Å². The summed E-state index contributed by atoms with van der Waals surface area (Å²) < 4.78 is 0. The van der Waals surface area contributed by atoms with Crippen molar-refractivity contribution in [3.63, 3.8) is 0 Å². The highest BCUT2D eigenvalue weighted by Gasteiger charge is 2.66. The van der Waals surface area contributed by atoms with Crippen LogP contribution in [0.15, 0.2) is 24.0 Å². The standard InChI is InChI=1S/C20H26O3/c1-17(2)13-5-6-20-8-7-18(3,11-20)15(22)9-14(20)19(13,4)10-12(21)16(17)23/h7-8,10,13-14,21H,5-6,9,11H2,1-4H3/t13-,14+,18-,19-,20+/m1/s1. The first-order chi connectivity index (χ1) is 10.6. The molecular formula is C20H26O3. The molecule has 0 aromatic rings. The third-order valence-corrected chi connectivity index (χ3v) is 7.74. The molecule has 1 N–H and O–H groups in total. The third kappa shape index (κ3) is 1.61. The fourth-order valence-electron chi connectivity index (χ4n) is 6.54. The van der Waals surface area contributed by atoms with Crippen LogP contribution in [0.25, 0.3) is 0 Å². The van der Waals surface area contributed by atoms with Gasteiger partial charge in [-0.25, -0.2) is 0 Å². The van der Waals surface area contributed by atoms with E-state index in [2.05, 4.69) is 26.0 Å². The van der Waals surface area contributed by atoms with Gasteiger partial charge in [0.2, 0.25) is 5.78 Å². The fraction of sp³-hybridized carbons (Fsp3) is 0.700.